The number of amides is 1. The number of anilines is 1. The molecule has 1 amide bonds. The van der Waals surface area contributed by atoms with Gasteiger partial charge in [0, 0.05) is 51.3 Å². The minimum absolute atomic E-state index is 0.0860. The van der Waals surface area contributed by atoms with Crippen LogP contribution in [0.25, 0.3) is 0 Å². The average Bonchev–Trinajstić information content (AvgIpc) is 3.16. The molecule has 24 heavy (non-hydrogen) atoms. The summed E-state index contributed by atoms with van der Waals surface area (Å²) < 4.78 is 0. The Kier molecular flexibility index (Phi) is 5.48. The smallest absolute Gasteiger partial charge is 0.239 e. The Balaban J connectivity index is 1.52. The molecule has 1 aromatic carbocycles. The zero-order chi connectivity index (χ0) is 16.9. The number of nitrogens with zero attached hydrogens (tertiary/aromatic N) is 4. The van der Waals surface area contributed by atoms with Crippen LogP contribution in [-0.4, -0.2) is 60.0 Å². The monoisotopic (exact) mass is 344 g/mol. The molecule has 1 aromatic heterocycles. The van der Waals surface area contributed by atoms with Crippen molar-refractivity contribution in [2.45, 2.75) is 19.5 Å². The van der Waals surface area contributed by atoms with Gasteiger partial charge in [-0.2, -0.15) is 0 Å². The molecule has 1 saturated heterocycles. The lowest BCUT2D eigenvalue weighted by atomic mass is 10.1. The normalized spacial score (nSPS) is 16.8. The second kappa shape index (κ2) is 7.77. The van der Waals surface area contributed by atoms with Gasteiger partial charge in [0.15, 0.2) is 5.13 Å². The van der Waals surface area contributed by atoms with Crippen LogP contribution in [0, 0.1) is 0 Å². The number of hydrogen-bond acceptors (Lipinski definition) is 5. The van der Waals surface area contributed by atoms with E-state index < -0.39 is 0 Å². The Bertz CT molecular complexity index is 638. The first-order valence-corrected chi connectivity index (χ1v) is 9.20. The highest BCUT2D eigenvalue weighted by molar-refractivity contribution is 7.13. The maximum atomic E-state index is 12.7. The summed E-state index contributed by atoms with van der Waals surface area (Å²) in [4.78, 5) is 23.5. The number of rotatable bonds is 5. The van der Waals surface area contributed by atoms with Crippen molar-refractivity contribution < 1.29 is 4.79 Å². The third kappa shape index (κ3) is 3.94. The summed E-state index contributed by atoms with van der Waals surface area (Å²) in [6, 6.07) is 10.0. The topological polar surface area (TPSA) is 39.7 Å². The number of carbonyl (C=O) groups is 1. The van der Waals surface area contributed by atoms with E-state index in [1.807, 2.05) is 48.6 Å². The minimum Gasteiger partial charge on any atom is -0.346 e. The molecule has 1 aliphatic rings. The van der Waals surface area contributed by atoms with Gasteiger partial charge in [-0.3, -0.25) is 9.69 Å². The van der Waals surface area contributed by atoms with Crippen LogP contribution in [0.1, 0.15) is 12.5 Å². The predicted octanol–water partition coefficient (Wildman–Crippen LogP) is 2.31. The van der Waals surface area contributed by atoms with Crippen molar-refractivity contribution in [1.29, 1.82) is 0 Å². The first kappa shape index (κ1) is 16.9. The van der Waals surface area contributed by atoms with Gasteiger partial charge in [0.1, 0.15) is 0 Å². The second-order valence-electron chi connectivity index (χ2n) is 6.19. The zero-order valence-electron chi connectivity index (χ0n) is 14.3. The van der Waals surface area contributed by atoms with Crippen molar-refractivity contribution in [3.63, 3.8) is 0 Å². The van der Waals surface area contributed by atoms with Crippen LogP contribution in [0.5, 0.6) is 0 Å². The van der Waals surface area contributed by atoms with Gasteiger partial charge < -0.3 is 9.80 Å². The predicted molar refractivity (Wildman–Crippen MR) is 98.3 cm³/mol. The molecule has 0 radical (unpaired) electrons. The van der Waals surface area contributed by atoms with Crippen molar-refractivity contribution in [3.05, 3.63) is 47.5 Å². The van der Waals surface area contributed by atoms with E-state index in [1.54, 1.807) is 11.3 Å². The van der Waals surface area contributed by atoms with Gasteiger partial charge in [-0.1, -0.05) is 30.3 Å². The Morgan fingerprint density at radius 1 is 1.25 bits per heavy atom. The summed E-state index contributed by atoms with van der Waals surface area (Å²) in [7, 11) is 1.89. The molecule has 0 N–H and O–H groups in total. The van der Waals surface area contributed by atoms with Crippen molar-refractivity contribution >= 4 is 22.4 Å². The number of carbonyl (C=O) groups excluding carboxylic acids is 1. The van der Waals surface area contributed by atoms with Crippen molar-refractivity contribution in [1.82, 2.24) is 14.8 Å². The van der Waals surface area contributed by atoms with Crippen LogP contribution in [0.4, 0.5) is 5.13 Å². The molecule has 0 saturated carbocycles. The standard InChI is InChI=1S/C18H24N4OS/c1-15(17(23)20(2)14-16-6-4-3-5-7-16)21-9-11-22(12-10-21)18-19-8-13-24-18/h3-8,13,15H,9-12,14H2,1-2H3. The Morgan fingerprint density at radius 3 is 2.58 bits per heavy atom. The van der Waals surface area contributed by atoms with Crippen LogP contribution in [0.2, 0.25) is 0 Å². The minimum atomic E-state index is -0.0860. The van der Waals surface area contributed by atoms with Gasteiger partial charge in [-0.25, -0.2) is 4.98 Å². The molecular formula is C18H24N4OS. The summed E-state index contributed by atoms with van der Waals surface area (Å²) in [5.74, 6) is 0.182. The molecule has 0 aliphatic carbocycles. The summed E-state index contributed by atoms with van der Waals surface area (Å²) >= 11 is 1.67. The van der Waals surface area contributed by atoms with Crippen LogP contribution < -0.4 is 4.90 Å². The molecule has 128 valence electrons. The van der Waals surface area contributed by atoms with E-state index in [1.165, 1.54) is 0 Å². The molecule has 2 heterocycles. The number of benzene rings is 1. The summed E-state index contributed by atoms with van der Waals surface area (Å²) in [6.07, 6.45) is 1.84. The van der Waals surface area contributed by atoms with E-state index in [0.717, 1.165) is 36.9 Å². The highest BCUT2D eigenvalue weighted by Gasteiger charge is 2.28. The van der Waals surface area contributed by atoms with Crippen molar-refractivity contribution in [3.8, 4) is 0 Å². The lowest BCUT2D eigenvalue weighted by molar-refractivity contribution is -0.135. The fourth-order valence-electron chi connectivity index (χ4n) is 3.08. The van der Waals surface area contributed by atoms with Gasteiger partial charge in [-0.05, 0) is 12.5 Å². The maximum Gasteiger partial charge on any atom is 0.239 e. The average molecular weight is 344 g/mol. The fraction of sp³-hybridized carbons (Fsp3) is 0.444. The summed E-state index contributed by atoms with van der Waals surface area (Å²) in [6.45, 7) is 6.31. The van der Waals surface area contributed by atoms with E-state index >= 15 is 0 Å². The number of thiazole rings is 1. The lowest BCUT2D eigenvalue weighted by Crippen LogP contribution is -2.54. The zero-order valence-corrected chi connectivity index (χ0v) is 15.1. The SMILES string of the molecule is CC(C(=O)N(C)Cc1ccccc1)N1CCN(c2nccs2)CC1. The Morgan fingerprint density at radius 2 is 1.96 bits per heavy atom. The molecular weight excluding hydrogens is 320 g/mol. The van der Waals surface area contributed by atoms with Crippen molar-refractivity contribution in [2.75, 3.05) is 38.1 Å². The third-order valence-corrected chi connectivity index (χ3v) is 5.38. The first-order valence-electron chi connectivity index (χ1n) is 8.32. The van der Waals surface area contributed by atoms with Crippen LogP contribution in [-0.2, 0) is 11.3 Å². The third-order valence-electron chi connectivity index (χ3n) is 4.55. The fourth-order valence-corrected chi connectivity index (χ4v) is 3.78. The summed E-state index contributed by atoms with van der Waals surface area (Å²) in [5, 5.41) is 3.08. The molecule has 1 fully saturated rings. The van der Waals surface area contributed by atoms with E-state index in [9.17, 15) is 4.79 Å². The highest BCUT2D eigenvalue weighted by atomic mass is 32.1. The van der Waals surface area contributed by atoms with E-state index in [2.05, 4.69) is 26.9 Å². The van der Waals surface area contributed by atoms with Crippen LogP contribution >= 0.6 is 11.3 Å². The molecule has 1 atom stereocenters. The Hall–Kier alpha value is -1.92. The molecule has 3 rings (SSSR count). The number of piperazine rings is 1. The van der Waals surface area contributed by atoms with Crippen LogP contribution in [0.3, 0.4) is 0 Å². The first-order chi connectivity index (χ1) is 11.6. The largest absolute Gasteiger partial charge is 0.346 e. The van der Waals surface area contributed by atoms with Gasteiger partial charge in [0.2, 0.25) is 5.91 Å². The molecule has 0 spiro atoms. The molecule has 5 nitrogen and oxygen atoms in total. The molecule has 1 aliphatic heterocycles. The Labute approximate surface area is 147 Å². The van der Waals surface area contributed by atoms with E-state index in [-0.39, 0.29) is 11.9 Å². The van der Waals surface area contributed by atoms with Gasteiger partial charge in [0.25, 0.3) is 0 Å². The lowest BCUT2D eigenvalue weighted by Gasteiger charge is -2.38. The molecule has 2 aromatic rings. The van der Waals surface area contributed by atoms with Gasteiger partial charge >= 0.3 is 0 Å². The molecule has 0 bridgehead atoms. The van der Waals surface area contributed by atoms with E-state index in [4.69, 9.17) is 0 Å². The van der Waals surface area contributed by atoms with E-state index in [0.29, 0.717) is 6.54 Å². The molecule has 6 heteroatoms. The quantitative estimate of drug-likeness (QED) is 0.834. The molecule has 1 unspecified atom stereocenters. The van der Waals surface area contributed by atoms with Crippen molar-refractivity contribution in [2.24, 2.45) is 0 Å². The number of likely N-dealkylation sites (N-methyl/N-ethyl adjacent to an activating group) is 1. The summed E-state index contributed by atoms with van der Waals surface area (Å²) in [5.41, 5.74) is 1.16. The number of aromatic nitrogens is 1. The van der Waals surface area contributed by atoms with Gasteiger partial charge in [-0.15, -0.1) is 11.3 Å². The van der Waals surface area contributed by atoms with Crippen LogP contribution in [0.15, 0.2) is 41.9 Å². The highest BCUT2D eigenvalue weighted by Crippen LogP contribution is 2.20. The maximum absolute atomic E-state index is 12.7. The number of hydrogen-bond donors (Lipinski definition) is 0. The van der Waals surface area contributed by atoms with Gasteiger partial charge in [0.05, 0.1) is 6.04 Å². The second-order valence-corrected chi connectivity index (χ2v) is 7.07.